The topological polar surface area (TPSA) is 49.3 Å². The first kappa shape index (κ1) is 13.9. The van der Waals surface area contributed by atoms with Crippen molar-refractivity contribution in [2.24, 2.45) is 0 Å². The standard InChI is InChI=1S/C14H22N4OS/c1-3-4-12-13(20-16-15-12)14(19)18-10-5-6-11(18)9-17(2)8-7-10/h10-11H,3-9H2,1-2H3/t10-,11+/m1/s1. The van der Waals surface area contributed by atoms with Crippen molar-refractivity contribution in [3.8, 4) is 0 Å². The number of aromatic nitrogens is 2. The largest absolute Gasteiger partial charge is 0.331 e. The zero-order valence-electron chi connectivity index (χ0n) is 12.2. The highest BCUT2D eigenvalue weighted by Crippen LogP contribution is 2.32. The van der Waals surface area contributed by atoms with Crippen molar-refractivity contribution in [3.63, 3.8) is 0 Å². The molecule has 1 aromatic rings. The number of aryl methyl sites for hydroxylation is 1. The van der Waals surface area contributed by atoms with E-state index in [1.807, 2.05) is 0 Å². The Hall–Kier alpha value is -1.01. The van der Waals surface area contributed by atoms with Crippen LogP contribution in [0.1, 0.15) is 48.0 Å². The maximum absolute atomic E-state index is 12.9. The van der Waals surface area contributed by atoms with Gasteiger partial charge in [0.1, 0.15) is 4.88 Å². The van der Waals surface area contributed by atoms with Crippen LogP contribution in [-0.2, 0) is 6.42 Å². The molecule has 2 saturated heterocycles. The van der Waals surface area contributed by atoms with Crippen molar-refractivity contribution in [1.29, 1.82) is 0 Å². The number of nitrogens with zero attached hydrogens (tertiary/aromatic N) is 4. The first-order valence-electron chi connectivity index (χ1n) is 7.53. The van der Waals surface area contributed by atoms with Crippen LogP contribution >= 0.6 is 11.5 Å². The van der Waals surface area contributed by atoms with Gasteiger partial charge in [-0.05, 0) is 50.8 Å². The average molecular weight is 294 g/mol. The number of amides is 1. The molecule has 0 aliphatic carbocycles. The summed E-state index contributed by atoms with van der Waals surface area (Å²) in [7, 11) is 2.15. The van der Waals surface area contributed by atoms with Gasteiger partial charge in [-0.15, -0.1) is 5.10 Å². The van der Waals surface area contributed by atoms with Crippen LogP contribution in [0.15, 0.2) is 0 Å². The number of likely N-dealkylation sites (N-methyl/N-ethyl adjacent to an activating group) is 1. The van der Waals surface area contributed by atoms with Crippen LogP contribution in [-0.4, -0.2) is 57.5 Å². The number of carbonyl (C=O) groups is 1. The van der Waals surface area contributed by atoms with E-state index in [-0.39, 0.29) is 5.91 Å². The number of hydrogen-bond donors (Lipinski definition) is 0. The second kappa shape index (κ2) is 5.77. The fourth-order valence-corrected chi connectivity index (χ4v) is 4.12. The lowest BCUT2D eigenvalue weighted by Crippen LogP contribution is -2.42. The van der Waals surface area contributed by atoms with Crippen molar-refractivity contribution >= 4 is 17.4 Å². The Labute approximate surface area is 124 Å². The van der Waals surface area contributed by atoms with E-state index in [1.165, 1.54) is 11.5 Å². The first-order valence-corrected chi connectivity index (χ1v) is 8.30. The fourth-order valence-electron chi connectivity index (χ4n) is 3.46. The van der Waals surface area contributed by atoms with Crippen LogP contribution in [0, 0.1) is 0 Å². The molecule has 0 unspecified atom stereocenters. The van der Waals surface area contributed by atoms with Gasteiger partial charge in [-0.3, -0.25) is 4.79 Å². The van der Waals surface area contributed by atoms with Gasteiger partial charge in [0.05, 0.1) is 5.69 Å². The number of hydrogen-bond acceptors (Lipinski definition) is 5. The summed E-state index contributed by atoms with van der Waals surface area (Å²) in [6, 6.07) is 0.783. The van der Waals surface area contributed by atoms with Crippen LogP contribution in [0.25, 0.3) is 0 Å². The SMILES string of the molecule is CCCc1nnsc1C(=O)N1[C@@H]2CC[C@H]1CN(C)CC2. The quantitative estimate of drug-likeness (QED) is 0.853. The third kappa shape index (κ3) is 2.46. The van der Waals surface area contributed by atoms with Gasteiger partial charge in [0, 0.05) is 18.6 Å². The van der Waals surface area contributed by atoms with Gasteiger partial charge >= 0.3 is 0 Å². The average Bonchev–Trinajstić information content (AvgIpc) is 2.98. The van der Waals surface area contributed by atoms with Gasteiger partial charge in [-0.1, -0.05) is 17.8 Å². The molecule has 110 valence electrons. The minimum absolute atomic E-state index is 0.172. The summed E-state index contributed by atoms with van der Waals surface area (Å²) in [4.78, 5) is 18.2. The second-order valence-electron chi connectivity index (χ2n) is 5.95. The van der Waals surface area contributed by atoms with E-state index in [4.69, 9.17) is 0 Å². The summed E-state index contributed by atoms with van der Waals surface area (Å²) in [5.74, 6) is 0.172. The molecular formula is C14H22N4OS. The molecule has 0 saturated carbocycles. The Bertz CT molecular complexity index is 489. The van der Waals surface area contributed by atoms with E-state index in [1.54, 1.807) is 0 Å². The van der Waals surface area contributed by atoms with Crippen molar-refractivity contribution in [2.75, 3.05) is 20.1 Å². The highest BCUT2D eigenvalue weighted by Gasteiger charge is 2.40. The number of rotatable bonds is 3. The molecular weight excluding hydrogens is 272 g/mol. The number of likely N-dealkylation sites (tertiary alicyclic amines) is 1. The van der Waals surface area contributed by atoms with E-state index in [9.17, 15) is 4.79 Å². The lowest BCUT2D eigenvalue weighted by molar-refractivity contribution is 0.0677. The molecule has 1 amide bonds. The molecule has 2 atom stereocenters. The van der Waals surface area contributed by atoms with Gasteiger partial charge in [0.2, 0.25) is 0 Å². The van der Waals surface area contributed by atoms with Gasteiger partial charge in [0.15, 0.2) is 0 Å². The maximum Gasteiger partial charge on any atom is 0.268 e. The molecule has 0 N–H and O–H groups in total. The van der Waals surface area contributed by atoms with Gasteiger partial charge in [0.25, 0.3) is 5.91 Å². The third-order valence-electron chi connectivity index (χ3n) is 4.46. The monoisotopic (exact) mass is 294 g/mol. The van der Waals surface area contributed by atoms with Crippen molar-refractivity contribution in [2.45, 2.75) is 51.1 Å². The molecule has 2 bridgehead atoms. The lowest BCUT2D eigenvalue weighted by atomic mass is 10.1. The molecule has 20 heavy (non-hydrogen) atoms. The van der Waals surface area contributed by atoms with Gasteiger partial charge in [-0.2, -0.15) is 0 Å². The summed E-state index contributed by atoms with van der Waals surface area (Å²) >= 11 is 1.26. The Morgan fingerprint density at radius 3 is 2.95 bits per heavy atom. The summed E-state index contributed by atoms with van der Waals surface area (Å²) in [6.45, 7) is 4.20. The Morgan fingerprint density at radius 2 is 2.15 bits per heavy atom. The van der Waals surface area contributed by atoms with Crippen LogP contribution < -0.4 is 0 Å². The van der Waals surface area contributed by atoms with Crippen molar-refractivity contribution < 1.29 is 4.79 Å². The van der Waals surface area contributed by atoms with E-state index in [0.717, 1.165) is 55.8 Å². The van der Waals surface area contributed by atoms with Crippen molar-refractivity contribution in [3.05, 3.63) is 10.6 Å². The van der Waals surface area contributed by atoms with Crippen LogP contribution in [0.2, 0.25) is 0 Å². The first-order chi connectivity index (χ1) is 9.70. The molecule has 3 heterocycles. The predicted octanol–water partition coefficient (Wildman–Crippen LogP) is 1.80. The molecule has 0 radical (unpaired) electrons. The van der Waals surface area contributed by atoms with E-state index in [2.05, 4.69) is 33.4 Å². The highest BCUT2D eigenvalue weighted by molar-refractivity contribution is 7.08. The second-order valence-corrected chi connectivity index (χ2v) is 6.70. The minimum Gasteiger partial charge on any atom is -0.331 e. The molecule has 6 heteroatoms. The summed E-state index contributed by atoms with van der Waals surface area (Å²) in [6.07, 6.45) is 5.23. The third-order valence-corrected chi connectivity index (χ3v) is 5.21. The molecule has 2 fully saturated rings. The minimum atomic E-state index is 0.172. The van der Waals surface area contributed by atoms with Crippen molar-refractivity contribution in [1.82, 2.24) is 19.4 Å². The lowest BCUT2D eigenvalue weighted by Gasteiger charge is -2.28. The van der Waals surface area contributed by atoms with Crippen LogP contribution in [0.5, 0.6) is 0 Å². The number of fused-ring (bicyclic) bond motifs is 2. The Morgan fingerprint density at radius 1 is 1.35 bits per heavy atom. The highest BCUT2D eigenvalue weighted by atomic mass is 32.1. The van der Waals surface area contributed by atoms with Crippen LogP contribution in [0.4, 0.5) is 0 Å². The summed E-state index contributed by atoms with van der Waals surface area (Å²) in [5, 5.41) is 4.14. The zero-order chi connectivity index (χ0) is 14.1. The zero-order valence-corrected chi connectivity index (χ0v) is 13.0. The molecule has 2 aliphatic rings. The molecule has 5 nitrogen and oxygen atoms in total. The summed E-state index contributed by atoms with van der Waals surface area (Å²) < 4.78 is 4.00. The molecule has 0 aromatic carbocycles. The number of carbonyl (C=O) groups excluding carboxylic acids is 1. The van der Waals surface area contributed by atoms with Crippen LogP contribution in [0.3, 0.4) is 0 Å². The van der Waals surface area contributed by atoms with E-state index >= 15 is 0 Å². The van der Waals surface area contributed by atoms with E-state index in [0.29, 0.717) is 12.1 Å². The maximum atomic E-state index is 12.9. The Balaban J connectivity index is 1.84. The smallest absolute Gasteiger partial charge is 0.268 e. The normalized spacial score (nSPS) is 26.8. The Kier molecular flexibility index (Phi) is 4.03. The molecule has 0 spiro atoms. The van der Waals surface area contributed by atoms with Gasteiger partial charge in [-0.25, -0.2) is 0 Å². The predicted molar refractivity (Wildman–Crippen MR) is 79.0 cm³/mol. The molecule has 2 aliphatic heterocycles. The van der Waals surface area contributed by atoms with E-state index < -0.39 is 0 Å². The fraction of sp³-hybridized carbons (Fsp3) is 0.786. The molecule has 1 aromatic heterocycles. The summed E-state index contributed by atoms with van der Waals surface area (Å²) in [5.41, 5.74) is 0.888. The molecule has 3 rings (SSSR count). The van der Waals surface area contributed by atoms with Gasteiger partial charge < -0.3 is 9.80 Å².